The van der Waals surface area contributed by atoms with E-state index in [1.807, 2.05) is 0 Å². The first kappa shape index (κ1) is 30.8. The van der Waals surface area contributed by atoms with Crippen molar-refractivity contribution < 1.29 is 0 Å². The van der Waals surface area contributed by atoms with Gasteiger partial charge in [0.15, 0.2) is 0 Å². The van der Waals surface area contributed by atoms with Crippen LogP contribution < -0.4 is 0 Å². The van der Waals surface area contributed by atoms with Gasteiger partial charge in [-0.1, -0.05) is 172 Å². The maximum Gasteiger partial charge on any atom is 0.0716 e. The van der Waals surface area contributed by atoms with Gasteiger partial charge in [-0.2, -0.15) is 0 Å². The third kappa shape index (κ3) is 5.00. The monoisotopic (exact) mass is 620 g/mol. The van der Waals surface area contributed by atoms with Gasteiger partial charge >= 0.3 is 0 Å². The van der Waals surface area contributed by atoms with Gasteiger partial charge in [-0.3, -0.25) is 0 Å². The fourth-order valence-corrected chi connectivity index (χ4v) is 7.30. The van der Waals surface area contributed by atoms with Crippen LogP contribution in [0.1, 0.15) is 128 Å². The van der Waals surface area contributed by atoms with Crippen molar-refractivity contribution >= 4 is 15.9 Å². The van der Waals surface area contributed by atoms with Gasteiger partial charge in [0.05, 0.1) is 5.41 Å². The molecule has 220 valence electrons. The van der Waals surface area contributed by atoms with Crippen LogP contribution in [-0.4, -0.2) is 0 Å². The van der Waals surface area contributed by atoms with Crippen molar-refractivity contribution in [3.63, 3.8) is 0 Å². The molecule has 0 aromatic heterocycles. The molecule has 0 saturated carbocycles. The van der Waals surface area contributed by atoms with Crippen molar-refractivity contribution in [2.75, 3.05) is 0 Å². The summed E-state index contributed by atoms with van der Waals surface area (Å²) in [6.07, 6.45) is 0. The lowest BCUT2D eigenvalue weighted by Crippen LogP contribution is -2.32. The van der Waals surface area contributed by atoms with Crippen LogP contribution >= 0.6 is 15.9 Å². The number of hydrogen-bond acceptors (Lipinski definition) is 0. The first-order valence-corrected chi connectivity index (χ1v) is 16.3. The summed E-state index contributed by atoms with van der Waals surface area (Å²) >= 11 is 4.04. The Kier molecular flexibility index (Phi) is 7.30. The molecule has 1 aliphatic carbocycles. The van der Waals surface area contributed by atoms with Crippen LogP contribution in [0.3, 0.4) is 0 Å². The molecular formula is C41H49Br. The van der Waals surface area contributed by atoms with Crippen LogP contribution in [0.4, 0.5) is 0 Å². The maximum atomic E-state index is 4.04. The van der Waals surface area contributed by atoms with E-state index in [-0.39, 0.29) is 21.7 Å². The molecule has 0 heterocycles. The van der Waals surface area contributed by atoms with E-state index in [0.717, 1.165) is 4.47 Å². The lowest BCUT2D eigenvalue weighted by atomic mass is 9.63. The molecule has 0 fully saturated rings. The predicted octanol–water partition coefficient (Wildman–Crippen LogP) is 12.0. The Balaban J connectivity index is 2.00. The zero-order valence-electron chi connectivity index (χ0n) is 27.9. The summed E-state index contributed by atoms with van der Waals surface area (Å²) in [6, 6.07) is 30.9. The van der Waals surface area contributed by atoms with Crippen LogP contribution in [0.15, 0.2) is 83.3 Å². The minimum absolute atomic E-state index is 0.0322. The molecule has 0 saturated heterocycles. The molecule has 0 bridgehead atoms. The van der Waals surface area contributed by atoms with Crippen molar-refractivity contribution in [3.05, 3.63) is 128 Å². The molecule has 0 amide bonds. The zero-order valence-corrected chi connectivity index (χ0v) is 29.5. The summed E-state index contributed by atoms with van der Waals surface area (Å²) in [5.41, 5.74) is 13.4. The third-order valence-electron chi connectivity index (χ3n) is 9.24. The topological polar surface area (TPSA) is 0 Å². The normalized spacial score (nSPS) is 15.0. The van der Waals surface area contributed by atoms with Gasteiger partial charge in [0.2, 0.25) is 0 Å². The SMILES string of the molecule is CC(C)(C)c1ccc(C2(c3ccc(C(C)(C)C)cc3)c3cccc(Br)c3-c3cc(C(C)(C)C)cc(C(C)(C)C)c32)cc1. The van der Waals surface area contributed by atoms with Crippen molar-refractivity contribution in [2.24, 2.45) is 0 Å². The molecular weight excluding hydrogens is 572 g/mol. The van der Waals surface area contributed by atoms with Crippen molar-refractivity contribution in [1.82, 2.24) is 0 Å². The highest BCUT2D eigenvalue weighted by Crippen LogP contribution is 2.60. The van der Waals surface area contributed by atoms with Gasteiger partial charge in [0.1, 0.15) is 0 Å². The summed E-state index contributed by atoms with van der Waals surface area (Å²) in [7, 11) is 0. The molecule has 1 aliphatic rings. The van der Waals surface area contributed by atoms with Gasteiger partial charge in [0, 0.05) is 10.0 Å². The second kappa shape index (κ2) is 9.95. The standard InChI is InChI=1S/C41H49Br/c1-37(2,3)26-16-20-28(21-17-26)41(29-22-18-27(19-23-29)38(4,5)6)32-14-13-15-34(42)35(32)31-24-30(39(7,8)9)25-33(36(31)41)40(10,11)12/h13-25H,1-12H3. The molecule has 0 nitrogen and oxygen atoms in total. The van der Waals surface area contributed by atoms with E-state index in [9.17, 15) is 0 Å². The summed E-state index contributed by atoms with van der Waals surface area (Å²) in [4.78, 5) is 0. The second-order valence-corrected chi connectivity index (χ2v) is 17.4. The van der Waals surface area contributed by atoms with E-state index in [0.29, 0.717) is 0 Å². The number of rotatable bonds is 2. The van der Waals surface area contributed by atoms with E-state index in [1.54, 1.807) is 0 Å². The minimum Gasteiger partial charge on any atom is -0.0608 e. The Morgan fingerprint density at radius 2 is 0.952 bits per heavy atom. The Labute approximate surface area is 264 Å². The number of hydrogen-bond donors (Lipinski definition) is 0. The lowest BCUT2D eigenvalue weighted by molar-refractivity contribution is 0.556. The molecule has 42 heavy (non-hydrogen) atoms. The molecule has 0 N–H and O–H groups in total. The third-order valence-corrected chi connectivity index (χ3v) is 9.90. The molecule has 1 heteroatoms. The van der Waals surface area contributed by atoms with Crippen molar-refractivity contribution in [1.29, 1.82) is 0 Å². The van der Waals surface area contributed by atoms with E-state index in [1.165, 1.54) is 55.6 Å². The molecule has 5 rings (SSSR count). The van der Waals surface area contributed by atoms with E-state index >= 15 is 0 Å². The molecule has 4 aromatic carbocycles. The highest BCUT2D eigenvalue weighted by molar-refractivity contribution is 9.10. The van der Waals surface area contributed by atoms with Crippen molar-refractivity contribution in [3.8, 4) is 11.1 Å². The van der Waals surface area contributed by atoms with E-state index in [4.69, 9.17) is 0 Å². The first-order chi connectivity index (χ1) is 19.3. The van der Waals surface area contributed by atoms with Crippen LogP contribution in [0, 0.1) is 0 Å². The van der Waals surface area contributed by atoms with Gasteiger partial charge in [-0.15, -0.1) is 0 Å². The van der Waals surface area contributed by atoms with Crippen molar-refractivity contribution in [2.45, 2.75) is 110 Å². The number of fused-ring (bicyclic) bond motifs is 3. The summed E-state index contributed by atoms with van der Waals surface area (Å²) < 4.78 is 1.16. The zero-order chi connectivity index (χ0) is 31.0. The van der Waals surface area contributed by atoms with Crippen LogP contribution in [0.25, 0.3) is 11.1 Å². The highest BCUT2D eigenvalue weighted by Gasteiger charge is 2.50. The molecule has 0 radical (unpaired) electrons. The molecule has 0 unspecified atom stereocenters. The molecule has 0 aliphatic heterocycles. The summed E-state index contributed by atoms with van der Waals surface area (Å²) in [5, 5.41) is 0. The van der Waals surface area contributed by atoms with E-state index in [2.05, 4.69) is 178 Å². The van der Waals surface area contributed by atoms with E-state index < -0.39 is 5.41 Å². The average molecular weight is 622 g/mol. The predicted molar refractivity (Wildman–Crippen MR) is 186 cm³/mol. The fraction of sp³-hybridized carbons (Fsp3) is 0.415. The van der Waals surface area contributed by atoms with Gasteiger partial charge in [0.25, 0.3) is 0 Å². The lowest BCUT2D eigenvalue weighted by Gasteiger charge is -2.39. The minimum atomic E-state index is -0.444. The smallest absolute Gasteiger partial charge is 0.0608 e. The first-order valence-electron chi connectivity index (χ1n) is 15.5. The Morgan fingerprint density at radius 1 is 0.500 bits per heavy atom. The summed E-state index contributed by atoms with van der Waals surface area (Å²) in [6.45, 7) is 27.9. The highest BCUT2D eigenvalue weighted by atomic mass is 79.9. The van der Waals surface area contributed by atoms with Crippen LogP contribution in [0.2, 0.25) is 0 Å². The van der Waals surface area contributed by atoms with Crippen LogP contribution in [-0.2, 0) is 27.1 Å². The van der Waals surface area contributed by atoms with Gasteiger partial charge < -0.3 is 0 Å². The van der Waals surface area contributed by atoms with Crippen LogP contribution in [0.5, 0.6) is 0 Å². The largest absolute Gasteiger partial charge is 0.0716 e. The Morgan fingerprint density at radius 3 is 1.36 bits per heavy atom. The molecule has 0 atom stereocenters. The summed E-state index contributed by atoms with van der Waals surface area (Å²) in [5.74, 6) is 0. The molecule has 0 spiro atoms. The number of halogens is 1. The maximum absolute atomic E-state index is 4.04. The van der Waals surface area contributed by atoms with Gasteiger partial charge in [-0.05, 0) is 77.8 Å². The van der Waals surface area contributed by atoms with Gasteiger partial charge in [-0.25, -0.2) is 0 Å². The average Bonchev–Trinajstić information content (AvgIpc) is 3.18. The Bertz CT molecular complexity index is 1560. The quantitative estimate of drug-likeness (QED) is 0.184. The molecule has 4 aromatic rings. The second-order valence-electron chi connectivity index (χ2n) is 16.5. The Hall–Kier alpha value is -2.64. The fourth-order valence-electron chi connectivity index (χ4n) is 6.72. The number of benzene rings is 4.